The Kier molecular flexibility index (Phi) is 12.2. The minimum absolute atomic E-state index is 0.0128. The van der Waals surface area contributed by atoms with Crippen LogP contribution in [0.2, 0.25) is 0 Å². The summed E-state index contributed by atoms with van der Waals surface area (Å²) in [5, 5.41) is 3.08. The van der Waals surface area contributed by atoms with Gasteiger partial charge in [0.25, 0.3) is 0 Å². The van der Waals surface area contributed by atoms with Gasteiger partial charge in [-0.3, -0.25) is 33.8 Å². The quantitative estimate of drug-likeness (QED) is 0.163. The van der Waals surface area contributed by atoms with Crippen molar-refractivity contribution in [2.75, 3.05) is 6.54 Å². The van der Waals surface area contributed by atoms with Crippen LogP contribution < -0.4 is 5.32 Å². The largest absolute Gasteiger partial charge is 0.344 e. The number of Topliss-reactive ketones (excluding diaryl/α,β-unsaturated/α-hetero) is 4. The maximum Gasteiger partial charge on any atom is 0.246 e. The predicted octanol–water partition coefficient (Wildman–Crippen LogP) is 5.72. The number of carbonyl (C=O) groups is 6. The third-order valence-electron chi connectivity index (χ3n) is 11.6. The van der Waals surface area contributed by atoms with Crippen LogP contribution in [-0.2, 0) is 24.0 Å². The molecule has 10 heteroatoms. The molecule has 3 saturated carbocycles. The van der Waals surface area contributed by atoms with Crippen molar-refractivity contribution in [2.24, 2.45) is 40.9 Å². The van der Waals surface area contributed by atoms with Gasteiger partial charge in [0.2, 0.25) is 17.6 Å². The molecule has 1 N–H and O–H groups in total. The molecule has 0 spiro atoms. The summed E-state index contributed by atoms with van der Waals surface area (Å²) in [6, 6.07) is -1.58. The molecule has 5 atom stereocenters. The Morgan fingerprint density at radius 2 is 1.63 bits per heavy atom. The number of hydrogen-bond acceptors (Lipinski definition) is 8. The Labute approximate surface area is 291 Å². The lowest BCUT2D eigenvalue weighted by atomic mass is 9.66. The third-order valence-corrected chi connectivity index (χ3v) is 11.6. The van der Waals surface area contributed by atoms with Crippen molar-refractivity contribution >= 4 is 34.9 Å². The molecule has 2 amide bonds. The zero-order valence-corrected chi connectivity index (χ0v) is 30.0. The van der Waals surface area contributed by atoms with Gasteiger partial charge in [0.1, 0.15) is 11.7 Å². The van der Waals surface area contributed by atoms with Crippen LogP contribution >= 0.6 is 0 Å². The number of rotatable bonds is 17. The van der Waals surface area contributed by atoms with Crippen molar-refractivity contribution in [3.05, 3.63) is 24.3 Å². The number of nitrogens with zero attached hydrogens (tertiary/aromatic N) is 3. The normalized spacial score (nSPS) is 23.4. The monoisotopic (exact) mass is 676 g/mol. The van der Waals surface area contributed by atoms with E-state index < -0.39 is 35.1 Å². The lowest BCUT2D eigenvalue weighted by molar-refractivity contribution is -0.162. The molecule has 1 aliphatic heterocycles. The maximum absolute atomic E-state index is 14.5. The number of nitrogens with one attached hydrogen (secondary N) is 1. The Hall–Kier alpha value is -3.30. The number of carbonyl (C=O) groups excluding carboxylic acids is 6. The minimum atomic E-state index is -0.913. The molecule has 1 aromatic heterocycles. The lowest BCUT2D eigenvalue weighted by Gasteiger charge is -2.54. The van der Waals surface area contributed by atoms with Crippen LogP contribution in [0.3, 0.4) is 0 Å². The van der Waals surface area contributed by atoms with Crippen LogP contribution in [0.1, 0.15) is 134 Å². The van der Waals surface area contributed by atoms with Gasteiger partial charge in [-0.25, -0.2) is 4.98 Å². The Morgan fingerprint density at radius 1 is 0.918 bits per heavy atom. The first-order chi connectivity index (χ1) is 23.4. The highest BCUT2D eigenvalue weighted by molar-refractivity contribution is 6.38. The first-order valence-electron chi connectivity index (χ1n) is 18.9. The highest BCUT2D eigenvalue weighted by Gasteiger charge is 2.53. The van der Waals surface area contributed by atoms with Crippen LogP contribution in [-0.4, -0.2) is 68.4 Å². The van der Waals surface area contributed by atoms with Crippen molar-refractivity contribution in [2.45, 2.75) is 136 Å². The van der Waals surface area contributed by atoms with Gasteiger partial charge in [0.15, 0.2) is 17.3 Å². The van der Waals surface area contributed by atoms with E-state index >= 15 is 0 Å². The van der Waals surface area contributed by atoms with E-state index in [2.05, 4.69) is 15.3 Å². The summed E-state index contributed by atoms with van der Waals surface area (Å²) < 4.78 is 0. The van der Waals surface area contributed by atoms with Crippen LogP contribution in [0.5, 0.6) is 0 Å². The second-order valence-electron chi connectivity index (χ2n) is 16.4. The molecule has 268 valence electrons. The molecule has 4 fully saturated rings. The molecular weight excluding hydrogens is 620 g/mol. The van der Waals surface area contributed by atoms with E-state index in [4.69, 9.17) is 0 Å². The van der Waals surface area contributed by atoms with Gasteiger partial charge in [-0.05, 0) is 55.3 Å². The fraction of sp³-hybridized carbons (Fsp3) is 0.744. The van der Waals surface area contributed by atoms with E-state index in [0.717, 1.165) is 64.2 Å². The highest BCUT2D eigenvalue weighted by atomic mass is 16.2. The Morgan fingerprint density at radius 3 is 2.20 bits per heavy atom. The van der Waals surface area contributed by atoms with Crippen molar-refractivity contribution in [1.82, 2.24) is 20.2 Å². The number of ketones is 4. The van der Waals surface area contributed by atoms with E-state index in [9.17, 15) is 28.8 Å². The zero-order valence-electron chi connectivity index (χ0n) is 30.0. The average molecular weight is 677 g/mol. The summed E-state index contributed by atoms with van der Waals surface area (Å²) in [5.74, 6) is -2.44. The summed E-state index contributed by atoms with van der Waals surface area (Å²) >= 11 is 0. The predicted molar refractivity (Wildman–Crippen MR) is 184 cm³/mol. The first kappa shape index (κ1) is 37.0. The van der Waals surface area contributed by atoms with Gasteiger partial charge in [0.05, 0.1) is 12.2 Å². The topological polar surface area (TPSA) is 143 Å². The minimum Gasteiger partial charge on any atom is -0.344 e. The van der Waals surface area contributed by atoms with E-state index in [1.54, 1.807) is 4.90 Å². The molecule has 0 radical (unpaired) electrons. The molecule has 0 bridgehead atoms. The second kappa shape index (κ2) is 16.2. The van der Waals surface area contributed by atoms with Crippen molar-refractivity contribution < 1.29 is 28.8 Å². The fourth-order valence-corrected chi connectivity index (χ4v) is 8.22. The third kappa shape index (κ3) is 9.09. The summed E-state index contributed by atoms with van der Waals surface area (Å²) in [6.45, 7) is 8.09. The molecule has 0 unspecified atom stereocenters. The van der Waals surface area contributed by atoms with E-state index in [-0.39, 0.29) is 66.0 Å². The molecule has 10 nitrogen and oxygen atoms in total. The number of likely N-dealkylation sites (tertiary alicyclic amines) is 1. The smallest absolute Gasteiger partial charge is 0.246 e. The van der Waals surface area contributed by atoms with Gasteiger partial charge in [-0.15, -0.1) is 0 Å². The molecule has 4 aliphatic rings. The molecule has 5 rings (SSSR count). The standard InChI is InChI=1S/C39H56N4O6/c1-5-10-27(35(47)33(46)19-24-15-16-24)20-32(45)34-29(26-13-9-14-26)23-43(34)38(49)36(39(2,3)4)42-37(48)28(25-11-7-6-8-12-25)21-31(44)30-22-40-17-18-41-30/h17-18,22,24-29,34,36H,5-16,19-21,23H2,1-4H3,(H,42,48)/t27-,28-,29+,34-,36+/m0/s1. The molecule has 0 aromatic carbocycles. The SMILES string of the molecule is CCC[C@@H](CC(=O)[C@@H]1[C@@H](C2CCC2)CN1C(=O)[C@@H](NC(=O)[C@@H](CC(=O)c1cnccn1)C1CCCCC1)C(C)(C)C)C(=O)C(=O)CC1CC1. The van der Waals surface area contributed by atoms with Crippen LogP contribution in [0.4, 0.5) is 0 Å². The van der Waals surface area contributed by atoms with Crippen molar-refractivity contribution in [1.29, 1.82) is 0 Å². The molecule has 1 saturated heterocycles. The molecule has 3 aliphatic carbocycles. The van der Waals surface area contributed by atoms with E-state index in [1.807, 2.05) is 27.7 Å². The van der Waals surface area contributed by atoms with Crippen LogP contribution in [0, 0.1) is 40.9 Å². The fourth-order valence-electron chi connectivity index (χ4n) is 8.22. The number of amides is 2. The molecule has 2 heterocycles. The molecule has 49 heavy (non-hydrogen) atoms. The van der Waals surface area contributed by atoms with E-state index in [0.29, 0.717) is 31.2 Å². The van der Waals surface area contributed by atoms with E-state index in [1.165, 1.54) is 18.6 Å². The molecular formula is C39H56N4O6. The first-order valence-corrected chi connectivity index (χ1v) is 18.9. The van der Waals surface area contributed by atoms with Crippen molar-refractivity contribution in [3.63, 3.8) is 0 Å². The molecule has 1 aromatic rings. The van der Waals surface area contributed by atoms with Gasteiger partial charge in [-0.2, -0.15) is 0 Å². The van der Waals surface area contributed by atoms with Gasteiger partial charge >= 0.3 is 0 Å². The Bertz CT molecular complexity index is 1380. The summed E-state index contributed by atoms with van der Waals surface area (Å²) in [4.78, 5) is 91.8. The van der Waals surface area contributed by atoms with Gasteiger partial charge < -0.3 is 10.2 Å². The van der Waals surface area contributed by atoms with Crippen LogP contribution in [0.25, 0.3) is 0 Å². The lowest BCUT2D eigenvalue weighted by Crippen LogP contribution is -2.69. The maximum atomic E-state index is 14.5. The average Bonchev–Trinajstić information content (AvgIpc) is 3.86. The van der Waals surface area contributed by atoms with Crippen LogP contribution in [0.15, 0.2) is 18.6 Å². The summed E-state index contributed by atoms with van der Waals surface area (Å²) in [6.07, 6.45) is 15.6. The van der Waals surface area contributed by atoms with Crippen molar-refractivity contribution in [3.8, 4) is 0 Å². The van der Waals surface area contributed by atoms with Gasteiger partial charge in [0, 0.05) is 56.0 Å². The van der Waals surface area contributed by atoms with Gasteiger partial charge in [-0.1, -0.05) is 72.6 Å². The number of hydrogen-bond donors (Lipinski definition) is 1. The summed E-state index contributed by atoms with van der Waals surface area (Å²) in [5.41, 5.74) is -0.457. The highest BCUT2D eigenvalue weighted by Crippen LogP contribution is 2.44. The zero-order chi connectivity index (χ0) is 35.3. The summed E-state index contributed by atoms with van der Waals surface area (Å²) in [7, 11) is 0. The number of aromatic nitrogens is 2. The Balaban J connectivity index is 1.33. The second-order valence-corrected chi connectivity index (χ2v) is 16.4.